The van der Waals surface area contributed by atoms with Crippen LogP contribution in [0.1, 0.15) is 57.0 Å². The number of hydrogen-bond donors (Lipinski definition) is 1. The molecule has 0 spiro atoms. The van der Waals surface area contributed by atoms with Crippen molar-refractivity contribution in [2.75, 3.05) is 5.75 Å². The van der Waals surface area contributed by atoms with Crippen LogP contribution in [-0.4, -0.2) is 39.1 Å². The number of aliphatic carboxylic acids is 1. The first-order valence-corrected chi connectivity index (χ1v) is 9.43. The van der Waals surface area contributed by atoms with Gasteiger partial charge in [0, 0.05) is 11.3 Å². The number of carbonyl (C=O) groups is 2. The van der Waals surface area contributed by atoms with Crippen molar-refractivity contribution in [1.82, 2.24) is 4.90 Å². The lowest BCUT2D eigenvalue weighted by molar-refractivity contribution is -0.141. The van der Waals surface area contributed by atoms with Gasteiger partial charge in [-0.25, -0.2) is 4.79 Å². The third kappa shape index (κ3) is 4.12. The number of hydrogen-bond acceptors (Lipinski definition) is 3. The van der Waals surface area contributed by atoms with Gasteiger partial charge in [0.05, 0.1) is 5.37 Å². The molecule has 24 heavy (non-hydrogen) atoms. The van der Waals surface area contributed by atoms with Gasteiger partial charge in [0.15, 0.2) is 0 Å². The molecular formula is C19H27NO3S. The standard InChI is InChI=1S/C19H27NO3S/c1-12(2)10-16-20(15(11-24-16)18(22)23)17(21)13-6-8-14(9-7-13)19(3,4)5/h6-9,12,15-16H,10-11H2,1-5H3,(H,22,23). The SMILES string of the molecule is CC(C)CC1SCC(C(=O)O)N1C(=O)c1ccc(C(C)(C)C)cc1. The maximum Gasteiger partial charge on any atom is 0.327 e. The Bertz CT molecular complexity index is 604. The molecule has 0 aliphatic carbocycles. The number of thioether (sulfide) groups is 1. The first-order chi connectivity index (χ1) is 11.1. The molecule has 4 nitrogen and oxygen atoms in total. The molecule has 1 amide bonds. The predicted octanol–water partition coefficient (Wildman–Crippen LogP) is 4.00. The summed E-state index contributed by atoms with van der Waals surface area (Å²) in [5.41, 5.74) is 1.74. The van der Waals surface area contributed by atoms with Crippen LogP contribution >= 0.6 is 11.8 Å². The molecule has 0 saturated carbocycles. The van der Waals surface area contributed by atoms with E-state index in [2.05, 4.69) is 34.6 Å². The van der Waals surface area contributed by atoms with Crippen molar-refractivity contribution >= 4 is 23.6 Å². The van der Waals surface area contributed by atoms with Crippen LogP contribution in [0, 0.1) is 5.92 Å². The Hall–Kier alpha value is -1.49. The Labute approximate surface area is 148 Å². The van der Waals surface area contributed by atoms with E-state index in [1.165, 1.54) is 0 Å². The molecule has 1 aliphatic rings. The summed E-state index contributed by atoms with van der Waals surface area (Å²) < 4.78 is 0. The fraction of sp³-hybridized carbons (Fsp3) is 0.579. The van der Waals surface area contributed by atoms with E-state index in [0.29, 0.717) is 17.2 Å². The van der Waals surface area contributed by atoms with Crippen LogP contribution in [0.5, 0.6) is 0 Å². The fourth-order valence-corrected chi connectivity index (χ4v) is 4.50. The molecule has 0 aromatic heterocycles. The molecule has 2 rings (SSSR count). The minimum absolute atomic E-state index is 0.0227. The molecule has 1 heterocycles. The molecule has 0 bridgehead atoms. The second-order valence-corrected chi connectivity index (χ2v) is 9.02. The Kier molecular flexibility index (Phi) is 5.63. The number of carboxylic acids is 1. The van der Waals surface area contributed by atoms with Crippen molar-refractivity contribution in [2.24, 2.45) is 5.92 Å². The minimum atomic E-state index is -0.923. The first kappa shape index (κ1) is 18.8. The molecule has 5 heteroatoms. The Morgan fingerprint density at radius 1 is 1.25 bits per heavy atom. The van der Waals surface area contributed by atoms with Crippen LogP contribution in [-0.2, 0) is 10.2 Å². The summed E-state index contributed by atoms with van der Waals surface area (Å²) in [6, 6.07) is 6.82. The first-order valence-electron chi connectivity index (χ1n) is 8.39. The van der Waals surface area contributed by atoms with Crippen LogP contribution in [0.3, 0.4) is 0 Å². The highest BCUT2D eigenvalue weighted by molar-refractivity contribution is 8.00. The number of rotatable bonds is 4. The second-order valence-electron chi connectivity index (χ2n) is 7.81. The maximum absolute atomic E-state index is 13.0. The average molecular weight is 349 g/mol. The van der Waals surface area contributed by atoms with Gasteiger partial charge in [-0.15, -0.1) is 11.8 Å². The lowest BCUT2D eigenvalue weighted by atomic mass is 9.86. The van der Waals surface area contributed by atoms with Gasteiger partial charge in [-0.3, -0.25) is 4.79 Å². The van der Waals surface area contributed by atoms with E-state index < -0.39 is 12.0 Å². The minimum Gasteiger partial charge on any atom is -0.480 e. The van der Waals surface area contributed by atoms with Crippen molar-refractivity contribution in [3.63, 3.8) is 0 Å². The summed E-state index contributed by atoms with van der Waals surface area (Å²) in [6.07, 6.45) is 0.806. The van der Waals surface area contributed by atoms with Gasteiger partial charge in [0.1, 0.15) is 6.04 Å². The van der Waals surface area contributed by atoms with E-state index in [0.717, 1.165) is 12.0 Å². The topological polar surface area (TPSA) is 57.6 Å². The van der Waals surface area contributed by atoms with E-state index in [1.807, 2.05) is 24.3 Å². The van der Waals surface area contributed by atoms with Gasteiger partial charge in [0.2, 0.25) is 0 Å². The number of carboxylic acid groups (broad SMARTS) is 1. The van der Waals surface area contributed by atoms with Gasteiger partial charge in [-0.05, 0) is 35.4 Å². The predicted molar refractivity (Wildman–Crippen MR) is 98.4 cm³/mol. The van der Waals surface area contributed by atoms with Gasteiger partial charge in [0.25, 0.3) is 5.91 Å². The van der Waals surface area contributed by atoms with E-state index in [9.17, 15) is 14.7 Å². The summed E-state index contributed by atoms with van der Waals surface area (Å²) >= 11 is 1.57. The molecule has 0 radical (unpaired) electrons. The zero-order valence-electron chi connectivity index (χ0n) is 15.1. The molecule has 2 unspecified atom stereocenters. The quantitative estimate of drug-likeness (QED) is 0.893. The second kappa shape index (κ2) is 7.18. The van der Waals surface area contributed by atoms with Crippen molar-refractivity contribution < 1.29 is 14.7 Å². The van der Waals surface area contributed by atoms with Crippen LogP contribution < -0.4 is 0 Å². The highest BCUT2D eigenvalue weighted by Crippen LogP contribution is 2.35. The summed E-state index contributed by atoms with van der Waals surface area (Å²) in [5.74, 6) is -0.237. The Morgan fingerprint density at radius 3 is 2.29 bits per heavy atom. The summed E-state index contributed by atoms with van der Waals surface area (Å²) in [6.45, 7) is 10.6. The zero-order valence-corrected chi connectivity index (χ0v) is 15.9. The Balaban J connectivity index is 2.27. The van der Waals surface area contributed by atoms with E-state index in [1.54, 1.807) is 16.7 Å². The lowest BCUT2D eigenvalue weighted by Gasteiger charge is -2.28. The van der Waals surface area contributed by atoms with Crippen LogP contribution in [0.15, 0.2) is 24.3 Å². The molecule has 1 aromatic rings. The largest absolute Gasteiger partial charge is 0.480 e. The monoisotopic (exact) mass is 349 g/mol. The average Bonchev–Trinajstić information content (AvgIpc) is 2.88. The Morgan fingerprint density at radius 2 is 1.83 bits per heavy atom. The molecule has 132 valence electrons. The maximum atomic E-state index is 13.0. The number of carbonyl (C=O) groups excluding carboxylic acids is 1. The van der Waals surface area contributed by atoms with Crippen molar-refractivity contribution in [1.29, 1.82) is 0 Å². The van der Waals surface area contributed by atoms with Crippen molar-refractivity contribution in [3.05, 3.63) is 35.4 Å². The number of amides is 1. The summed E-state index contributed by atoms with van der Waals surface area (Å²) in [7, 11) is 0. The lowest BCUT2D eigenvalue weighted by Crippen LogP contribution is -2.46. The molecule has 1 saturated heterocycles. The van der Waals surface area contributed by atoms with Crippen LogP contribution in [0.4, 0.5) is 0 Å². The molecule has 1 fully saturated rings. The number of benzene rings is 1. The highest BCUT2D eigenvalue weighted by atomic mass is 32.2. The molecule has 1 aromatic carbocycles. The van der Waals surface area contributed by atoms with Crippen LogP contribution in [0.2, 0.25) is 0 Å². The van der Waals surface area contributed by atoms with E-state index in [-0.39, 0.29) is 16.7 Å². The van der Waals surface area contributed by atoms with Crippen molar-refractivity contribution in [3.8, 4) is 0 Å². The van der Waals surface area contributed by atoms with Gasteiger partial charge in [-0.2, -0.15) is 0 Å². The van der Waals surface area contributed by atoms with Gasteiger partial charge >= 0.3 is 5.97 Å². The highest BCUT2D eigenvalue weighted by Gasteiger charge is 2.42. The third-order valence-corrected chi connectivity index (χ3v) is 5.60. The smallest absolute Gasteiger partial charge is 0.327 e. The molecular weight excluding hydrogens is 322 g/mol. The fourth-order valence-electron chi connectivity index (χ4n) is 2.87. The molecule has 2 atom stereocenters. The summed E-state index contributed by atoms with van der Waals surface area (Å²) in [5, 5.41) is 9.41. The van der Waals surface area contributed by atoms with Crippen LogP contribution in [0.25, 0.3) is 0 Å². The molecule has 1 aliphatic heterocycles. The molecule has 1 N–H and O–H groups in total. The van der Waals surface area contributed by atoms with E-state index in [4.69, 9.17) is 0 Å². The third-order valence-electron chi connectivity index (χ3n) is 4.28. The normalized spacial score (nSPS) is 21.3. The van der Waals surface area contributed by atoms with Gasteiger partial charge < -0.3 is 10.0 Å². The van der Waals surface area contributed by atoms with Gasteiger partial charge in [-0.1, -0.05) is 46.8 Å². The zero-order chi connectivity index (χ0) is 18.1. The number of nitrogens with zero attached hydrogens (tertiary/aromatic N) is 1. The summed E-state index contributed by atoms with van der Waals surface area (Å²) in [4.78, 5) is 26.1. The van der Waals surface area contributed by atoms with Crippen molar-refractivity contribution in [2.45, 2.75) is 57.9 Å². The van der Waals surface area contributed by atoms with E-state index >= 15 is 0 Å².